The van der Waals surface area contributed by atoms with Gasteiger partial charge in [0.05, 0.1) is 5.69 Å². The fourth-order valence-corrected chi connectivity index (χ4v) is 2.46. The Bertz CT molecular complexity index is 551. The lowest BCUT2D eigenvalue weighted by Crippen LogP contribution is -2.34. The van der Waals surface area contributed by atoms with Crippen molar-refractivity contribution in [2.24, 2.45) is 13.0 Å². The number of hydrogen-bond donors (Lipinski definition) is 2. The highest BCUT2D eigenvalue weighted by molar-refractivity contribution is 5.61. The predicted molar refractivity (Wildman–Crippen MR) is 83.6 cm³/mol. The Morgan fingerprint density at radius 1 is 1.38 bits per heavy atom. The second-order valence-electron chi connectivity index (χ2n) is 5.66. The zero-order valence-electron chi connectivity index (χ0n) is 13.0. The number of aliphatic hydroxyl groups is 1. The van der Waals surface area contributed by atoms with Crippen LogP contribution in [-0.2, 0) is 13.6 Å². The molecule has 2 rings (SSSR count). The summed E-state index contributed by atoms with van der Waals surface area (Å²) in [5.41, 5.74) is 3.14. The van der Waals surface area contributed by atoms with Gasteiger partial charge in [0.15, 0.2) is 0 Å². The second-order valence-corrected chi connectivity index (χ2v) is 5.66. The first-order chi connectivity index (χ1) is 10.1. The first kappa shape index (κ1) is 15.7. The fraction of sp³-hybridized carbons (Fsp3) is 0.500. The van der Waals surface area contributed by atoms with Gasteiger partial charge in [-0.1, -0.05) is 13.8 Å². The van der Waals surface area contributed by atoms with Crippen molar-refractivity contribution < 1.29 is 5.11 Å². The Balaban J connectivity index is 2.14. The van der Waals surface area contributed by atoms with Crippen molar-refractivity contribution in [1.82, 2.24) is 20.1 Å². The highest BCUT2D eigenvalue weighted by Gasteiger charge is 2.15. The van der Waals surface area contributed by atoms with Crippen LogP contribution in [0.15, 0.2) is 30.7 Å². The van der Waals surface area contributed by atoms with Crippen molar-refractivity contribution >= 4 is 0 Å². The van der Waals surface area contributed by atoms with Crippen LogP contribution in [0.5, 0.6) is 0 Å². The normalized spacial score (nSPS) is 12.8. The Morgan fingerprint density at radius 3 is 2.81 bits per heavy atom. The van der Waals surface area contributed by atoms with Gasteiger partial charge in [0.2, 0.25) is 0 Å². The van der Waals surface area contributed by atoms with E-state index in [4.69, 9.17) is 5.11 Å². The average molecular weight is 288 g/mol. The minimum absolute atomic E-state index is 0.207. The molecular weight excluding hydrogens is 264 g/mol. The molecule has 2 N–H and O–H groups in total. The zero-order chi connectivity index (χ0) is 15.2. The van der Waals surface area contributed by atoms with Crippen LogP contribution in [0.2, 0.25) is 0 Å². The van der Waals surface area contributed by atoms with E-state index in [1.165, 1.54) is 0 Å². The van der Waals surface area contributed by atoms with Crippen molar-refractivity contribution in [3.63, 3.8) is 0 Å². The van der Waals surface area contributed by atoms with Gasteiger partial charge in [0.1, 0.15) is 0 Å². The van der Waals surface area contributed by atoms with E-state index in [1.54, 1.807) is 6.20 Å². The minimum atomic E-state index is 0.207. The minimum Gasteiger partial charge on any atom is -0.396 e. The Morgan fingerprint density at radius 2 is 2.19 bits per heavy atom. The summed E-state index contributed by atoms with van der Waals surface area (Å²) in [6, 6.07) is 4.24. The van der Waals surface area contributed by atoms with Crippen molar-refractivity contribution in [1.29, 1.82) is 0 Å². The molecular formula is C16H24N4O. The van der Waals surface area contributed by atoms with E-state index in [2.05, 4.69) is 29.2 Å². The van der Waals surface area contributed by atoms with Crippen LogP contribution in [-0.4, -0.2) is 32.5 Å². The first-order valence-electron chi connectivity index (χ1n) is 7.39. The van der Waals surface area contributed by atoms with E-state index in [1.807, 2.05) is 36.3 Å². The quantitative estimate of drug-likeness (QED) is 0.818. The van der Waals surface area contributed by atoms with E-state index >= 15 is 0 Å². The summed E-state index contributed by atoms with van der Waals surface area (Å²) in [7, 11) is 1.93. The summed E-state index contributed by atoms with van der Waals surface area (Å²) in [4.78, 5) is 4.16. The van der Waals surface area contributed by atoms with Gasteiger partial charge >= 0.3 is 0 Å². The van der Waals surface area contributed by atoms with Gasteiger partial charge in [0.25, 0.3) is 0 Å². The molecule has 0 aliphatic rings. The highest BCUT2D eigenvalue weighted by atomic mass is 16.3. The van der Waals surface area contributed by atoms with Gasteiger partial charge in [0, 0.05) is 56.0 Å². The summed E-state index contributed by atoms with van der Waals surface area (Å²) in [6.45, 7) is 5.27. The molecule has 1 atom stereocenters. The molecule has 2 aromatic heterocycles. The first-order valence-corrected chi connectivity index (χ1v) is 7.39. The van der Waals surface area contributed by atoms with Gasteiger partial charge in [-0.05, 0) is 24.5 Å². The van der Waals surface area contributed by atoms with Gasteiger partial charge in [-0.2, -0.15) is 5.10 Å². The van der Waals surface area contributed by atoms with Gasteiger partial charge < -0.3 is 10.4 Å². The maximum atomic E-state index is 9.15. The molecule has 0 spiro atoms. The number of rotatable bonds is 7. The van der Waals surface area contributed by atoms with Crippen molar-refractivity contribution in [2.45, 2.75) is 32.9 Å². The molecule has 0 radical (unpaired) electrons. The van der Waals surface area contributed by atoms with Crippen LogP contribution in [0.1, 0.15) is 25.8 Å². The van der Waals surface area contributed by atoms with Gasteiger partial charge in [-0.25, -0.2) is 0 Å². The smallest absolute Gasteiger partial charge is 0.0983 e. The lowest BCUT2D eigenvalue weighted by molar-refractivity contribution is 0.244. The monoisotopic (exact) mass is 288 g/mol. The third-order valence-electron chi connectivity index (χ3n) is 3.64. The number of pyridine rings is 1. The summed E-state index contributed by atoms with van der Waals surface area (Å²) < 4.78 is 1.83. The van der Waals surface area contributed by atoms with E-state index in [9.17, 15) is 0 Å². The van der Waals surface area contributed by atoms with Crippen molar-refractivity contribution in [2.75, 3.05) is 6.61 Å². The molecule has 0 aliphatic heterocycles. The molecule has 0 amide bonds. The van der Waals surface area contributed by atoms with Crippen LogP contribution in [0.25, 0.3) is 11.3 Å². The standard InChI is InChI=1S/C16H24N4O/c1-12(2)15(6-8-21)18-10-14-11-20(3)19-16(14)13-5-4-7-17-9-13/h4-5,7,9,11-12,15,18,21H,6,8,10H2,1-3H3. The summed E-state index contributed by atoms with van der Waals surface area (Å²) in [5, 5.41) is 17.2. The molecule has 5 heteroatoms. The van der Waals surface area contributed by atoms with E-state index in [0.717, 1.165) is 29.8 Å². The Labute approximate surface area is 126 Å². The number of aryl methyl sites for hydroxylation is 1. The van der Waals surface area contributed by atoms with E-state index in [-0.39, 0.29) is 6.61 Å². The zero-order valence-corrected chi connectivity index (χ0v) is 13.0. The maximum absolute atomic E-state index is 9.15. The van der Waals surface area contributed by atoms with Crippen molar-refractivity contribution in [3.05, 3.63) is 36.3 Å². The van der Waals surface area contributed by atoms with Crippen LogP contribution < -0.4 is 5.32 Å². The van der Waals surface area contributed by atoms with E-state index in [0.29, 0.717) is 12.0 Å². The lowest BCUT2D eigenvalue weighted by Gasteiger charge is -2.21. The molecule has 21 heavy (non-hydrogen) atoms. The summed E-state index contributed by atoms with van der Waals surface area (Å²) in [6.07, 6.45) is 6.39. The topological polar surface area (TPSA) is 63.0 Å². The van der Waals surface area contributed by atoms with Crippen LogP contribution in [0.4, 0.5) is 0 Å². The molecule has 5 nitrogen and oxygen atoms in total. The molecule has 114 valence electrons. The molecule has 0 saturated carbocycles. The Kier molecular flexibility index (Phi) is 5.47. The molecule has 0 aliphatic carbocycles. The molecule has 0 fully saturated rings. The SMILES string of the molecule is CC(C)C(CCO)NCc1cn(C)nc1-c1cccnc1. The third kappa shape index (κ3) is 4.12. The molecule has 0 saturated heterocycles. The van der Waals surface area contributed by atoms with E-state index < -0.39 is 0 Å². The Hall–Kier alpha value is -1.72. The fourth-order valence-electron chi connectivity index (χ4n) is 2.46. The molecule has 2 heterocycles. The predicted octanol–water partition coefficient (Wildman–Crippen LogP) is 1.98. The molecule has 1 unspecified atom stereocenters. The summed E-state index contributed by atoms with van der Waals surface area (Å²) >= 11 is 0. The molecule has 2 aromatic rings. The number of nitrogens with one attached hydrogen (secondary N) is 1. The second kappa shape index (κ2) is 7.33. The van der Waals surface area contributed by atoms with Crippen molar-refractivity contribution in [3.8, 4) is 11.3 Å². The van der Waals surface area contributed by atoms with Crippen LogP contribution in [0.3, 0.4) is 0 Å². The van der Waals surface area contributed by atoms with Gasteiger partial charge in [-0.15, -0.1) is 0 Å². The average Bonchev–Trinajstić information content (AvgIpc) is 2.85. The molecule has 0 aromatic carbocycles. The maximum Gasteiger partial charge on any atom is 0.0983 e. The lowest BCUT2D eigenvalue weighted by atomic mass is 10.0. The van der Waals surface area contributed by atoms with Gasteiger partial charge in [-0.3, -0.25) is 9.67 Å². The largest absolute Gasteiger partial charge is 0.396 e. The summed E-state index contributed by atoms with van der Waals surface area (Å²) in [5.74, 6) is 0.482. The number of nitrogens with zero attached hydrogens (tertiary/aromatic N) is 3. The third-order valence-corrected chi connectivity index (χ3v) is 3.64. The highest BCUT2D eigenvalue weighted by Crippen LogP contribution is 2.21. The molecule has 0 bridgehead atoms. The number of aromatic nitrogens is 3. The van der Waals surface area contributed by atoms with Crippen LogP contribution >= 0.6 is 0 Å². The number of hydrogen-bond acceptors (Lipinski definition) is 4. The van der Waals surface area contributed by atoms with Crippen LogP contribution in [0, 0.1) is 5.92 Å². The number of aliphatic hydroxyl groups excluding tert-OH is 1.